The number of rotatable bonds is 8. The van der Waals surface area contributed by atoms with Crippen molar-refractivity contribution in [2.24, 2.45) is 0 Å². The SMILES string of the molecule is Cc1sc(N(Cc2ccc(OC(F)F)nc2)c2ccc(C#N)cc2)nc1C(=O)N[S+](C)[O-]. The molecule has 0 aliphatic heterocycles. The quantitative estimate of drug-likeness (QED) is 0.492. The molecule has 0 aliphatic rings. The molecule has 8 nitrogen and oxygen atoms in total. The van der Waals surface area contributed by atoms with Crippen molar-refractivity contribution in [3.8, 4) is 11.9 Å². The van der Waals surface area contributed by atoms with Gasteiger partial charge in [0, 0.05) is 22.8 Å². The zero-order valence-electron chi connectivity index (χ0n) is 16.9. The summed E-state index contributed by atoms with van der Waals surface area (Å²) >= 11 is -0.277. The van der Waals surface area contributed by atoms with Crippen LogP contribution in [0.3, 0.4) is 0 Å². The summed E-state index contributed by atoms with van der Waals surface area (Å²) in [6.45, 7) is -0.991. The lowest BCUT2D eigenvalue weighted by atomic mass is 10.2. The highest BCUT2D eigenvalue weighted by atomic mass is 32.2. The van der Waals surface area contributed by atoms with Crippen LogP contribution in [0.5, 0.6) is 5.88 Å². The summed E-state index contributed by atoms with van der Waals surface area (Å²) in [5.74, 6) is -0.758. The highest BCUT2D eigenvalue weighted by Gasteiger charge is 2.22. The molecule has 1 unspecified atom stereocenters. The molecule has 12 heteroatoms. The predicted molar refractivity (Wildman–Crippen MR) is 116 cm³/mol. The fraction of sp³-hybridized carbons (Fsp3) is 0.200. The van der Waals surface area contributed by atoms with Crippen molar-refractivity contribution in [2.45, 2.75) is 20.1 Å². The molecule has 0 saturated heterocycles. The van der Waals surface area contributed by atoms with E-state index in [9.17, 15) is 18.1 Å². The van der Waals surface area contributed by atoms with Crippen LogP contribution < -0.4 is 14.4 Å². The Bertz CT molecular complexity index is 1120. The number of nitriles is 1. The maximum absolute atomic E-state index is 12.4. The number of pyridine rings is 1. The highest BCUT2D eigenvalue weighted by Crippen LogP contribution is 2.33. The Hall–Kier alpha value is -3.27. The van der Waals surface area contributed by atoms with Gasteiger partial charge in [0.25, 0.3) is 0 Å². The molecule has 32 heavy (non-hydrogen) atoms. The van der Waals surface area contributed by atoms with E-state index in [2.05, 4.69) is 25.5 Å². The van der Waals surface area contributed by atoms with E-state index in [0.717, 1.165) is 0 Å². The minimum atomic E-state index is -2.97. The van der Waals surface area contributed by atoms with E-state index in [4.69, 9.17) is 5.26 Å². The second-order valence-corrected chi connectivity index (χ2v) is 8.71. The van der Waals surface area contributed by atoms with E-state index in [1.54, 1.807) is 42.2 Å². The molecule has 0 fully saturated rings. The molecule has 1 amide bonds. The Balaban J connectivity index is 1.94. The van der Waals surface area contributed by atoms with Crippen LogP contribution in [0.2, 0.25) is 0 Å². The van der Waals surface area contributed by atoms with Crippen LogP contribution in [0.4, 0.5) is 19.6 Å². The molecule has 3 rings (SSSR count). The third kappa shape index (κ3) is 5.91. The van der Waals surface area contributed by atoms with E-state index in [-0.39, 0.29) is 18.1 Å². The number of carbonyl (C=O) groups is 1. The summed E-state index contributed by atoms with van der Waals surface area (Å²) in [5.41, 5.74) is 1.99. The van der Waals surface area contributed by atoms with E-state index in [1.165, 1.54) is 29.9 Å². The Morgan fingerprint density at radius 1 is 1.34 bits per heavy atom. The number of thiazole rings is 1. The first kappa shape index (κ1) is 23.4. The molecule has 2 heterocycles. The van der Waals surface area contributed by atoms with Crippen LogP contribution in [-0.4, -0.2) is 33.3 Å². The van der Waals surface area contributed by atoms with E-state index >= 15 is 0 Å². The fourth-order valence-electron chi connectivity index (χ4n) is 2.72. The van der Waals surface area contributed by atoms with Crippen LogP contribution in [0.15, 0.2) is 42.6 Å². The lowest BCUT2D eigenvalue weighted by molar-refractivity contribution is -0.0528. The molecule has 0 aliphatic carbocycles. The predicted octanol–water partition coefficient (Wildman–Crippen LogP) is 3.68. The van der Waals surface area contributed by atoms with Crippen LogP contribution in [0, 0.1) is 18.3 Å². The lowest BCUT2D eigenvalue weighted by Crippen LogP contribution is -2.30. The summed E-state index contributed by atoms with van der Waals surface area (Å²) in [5, 5.41) is 9.54. The number of halogens is 2. The summed E-state index contributed by atoms with van der Waals surface area (Å²) < 4.78 is 42.7. The Kier molecular flexibility index (Phi) is 7.57. The van der Waals surface area contributed by atoms with Crippen molar-refractivity contribution in [1.29, 1.82) is 5.26 Å². The molecular weight excluding hydrogens is 460 g/mol. The fourth-order valence-corrected chi connectivity index (χ4v) is 4.00. The third-order valence-electron chi connectivity index (χ3n) is 4.12. The number of carbonyl (C=O) groups excluding carboxylic acids is 1. The standard InChI is InChI=1S/C20H17F2N5O3S2/c1-12-17(18(28)26-32(2)29)25-20(31-12)27(15-6-3-13(9-23)4-7-15)11-14-5-8-16(24-10-14)30-19(21)22/h3-8,10,19H,11H2,1-2H3,(H,26,28). The van der Waals surface area contributed by atoms with Gasteiger partial charge in [-0.3, -0.25) is 4.79 Å². The molecule has 0 radical (unpaired) electrons. The molecule has 166 valence electrons. The first-order chi connectivity index (χ1) is 15.3. The first-order valence-corrected chi connectivity index (χ1v) is 11.4. The van der Waals surface area contributed by atoms with Gasteiger partial charge in [-0.1, -0.05) is 6.07 Å². The number of nitrogens with one attached hydrogen (secondary N) is 1. The molecule has 0 saturated carbocycles. The molecular formula is C20H17F2N5O3S2. The van der Waals surface area contributed by atoms with Gasteiger partial charge in [-0.15, -0.1) is 11.3 Å². The number of hydrogen-bond acceptors (Lipinski definition) is 8. The lowest BCUT2D eigenvalue weighted by Gasteiger charge is -2.22. The molecule has 0 spiro atoms. The Morgan fingerprint density at radius 2 is 2.06 bits per heavy atom. The smallest absolute Gasteiger partial charge is 0.388 e. The number of aryl methyl sites for hydroxylation is 1. The van der Waals surface area contributed by atoms with Crippen LogP contribution in [0.25, 0.3) is 0 Å². The largest absolute Gasteiger partial charge is 0.593 e. The minimum absolute atomic E-state index is 0.151. The van der Waals surface area contributed by atoms with Gasteiger partial charge in [-0.05, 0) is 36.8 Å². The van der Waals surface area contributed by atoms with Crippen molar-refractivity contribution in [3.05, 3.63) is 64.3 Å². The number of ether oxygens (including phenoxy) is 1. The van der Waals surface area contributed by atoms with E-state index in [1.807, 2.05) is 0 Å². The van der Waals surface area contributed by atoms with Crippen molar-refractivity contribution < 1.29 is 22.9 Å². The molecule has 1 aromatic carbocycles. The number of amides is 1. The van der Waals surface area contributed by atoms with Gasteiger partial charge in [-0.2, -0.15) is 18.8 Å². The topological polar surface area (TPSA) is 114 Å². The van der Waals surface area contributed by atoms with E-state index < -0.39 is 23.9 Å². The molecule has 0 bridgehead atoms. The summed E-state index contributed by atoms with van der Waals surface area (Å²) in [4.78, 5) is 23.0. The van der Waals surface area contributed by atoms with E-state index in [0.29, 0.717) is 26.8 Å². The normalized spacial score (nSPS) is 11.7. The van der Waals surface area contributed by atoms with Crippen LogP contribution in [0.1, 0.15) is 26.5 Å². The molecule has 1 atom stereocenters. The number of benzene rings is 1. The Labute approximate surface area is 189 Å². The first-order valence-electron chi connectivity index (χ1n) is 9.06. The second kappa shape index (κ2) is 10.4. The number of aromatic nitrogens is 2. The second-order valence-electron chi connectivity index (χ2n) is 6.41. The molecule has 3 aromatic rings. The Morgan fingerprint density at radius 3 is 2.62 bits per heavy atom. The molecule has 1 N–H and O–H groups in total. The van der Waals surface area contributed by atoms with Crippen molar-refractivity contribution in [2.75, 3.05) is 11.2 Å². The number of alkyl halides is 2. The molecule has 2 aromatic heterocycles. The van der Waals surface area contributed by atoms with Gasteiger partial charge in [-0.25, -0.2) is 9.97 Å². The van der Waals surface area contributed by atoms with Crippen molar-refractivity contribution in [1.82, 2.24) is 14.7 Å². The number of anilines is 2. The highest BCUT2D eigenvalue weighted by molar-refractivity contribution is 7.89. The zero-order chi connectivity index (χ0) is 23.3. The summed E-state index contributed by atoms with van der Waals surface area (Å²) in [6.07, 6.45) is 2.75. The van der Waals surface area contributed by atoms with Gasteiger partial charge in [0.2, 0.25) is 5.88 Å². The van der Waals surface area contributed by atoms with Gasteiger partial charge < -0.3 is 14.2 Å². The van der Waals surface area contributed by atoms with Gasteiger partial charge in [0.1, 0.15) is 11.9 Å². The van der Waals surface area contributed by atoms with Gasteiger partial charge >= 0.3 is 12.5 Å². The maximum Gasteiger partial charge on any atom is 0.388 e. The average Bonchev–Trinajstić information content (AvgIpc) is 3.14. The zero-order valence-corrected chi connectivity index (χ0v) is 18.5. The van der Waals surface area contributed by atoms with Gasteiger partial charge in [0.15, 0.2) is 5.13 Å². The van der Waals surface area contributed by atoms with Crippen molar-refractivity contribution in [3.63, 3.8) is 0 Å². The van der Waals surface area contributed by atoms with Crippen LogP contribution >= 0.6 is 11.3 Å². The van der Waals surface area contributed by atoms with Crippen molar-refractivity contribution >= 4 is 39.4 Å². The van der Waals surface area contributed by atoms with Gasteiger partial charge in [0.05, 0.1) is 29.5 Å². The van der Waals surface area contributed by atoms with Crippen LogP contribution in [-0.2, 0) is 17.9 Å². The minimum Gasteiger partial charge on any atom is -0.593 e. The average molecular weight is 478 g/mol. The number of hydrogen-bond donors (Lipinski definition) is 1. The summed E-state index contributed by atoms with van der Waals surface area (Å²) in [7, 11) is 0. The summed E-state index contributed by atoms with van der Waals surface area (Å²) in [6, 6.07) is 11.7. The number of nitrogens with zero attached hydrogens (tertiary/aromatic N) is 4. The third-order valence-corrected chi connectivity index (χ3v) is 5.59. The maximum atomic E-state index is 12.4. The monoisotopic (exact) mass is 477 g/mol.